The Morgan fingerprint density at radius 3 is 2.53 bits per heavy atom. The fourth-order valence-corrected chi connectivity index (χ4v) is 2.09. The molecule has 0 saturated heterocycles. The molecular formula is C16H24O3. The van der Waals surface area contributed by atoms with Crippen molar-refractivity contribution in [1.29, 1.82) is 0 Å². The van der Waals surface area contributed by atoms with Gasteiger partial charge in [-0.3, -0.25) is 4.79 Å². The zero-order chi connectivity index (χ0) is 14.4. The summed E-state index contributed by atoms with van der Waals surface area (Å²) in [6.45, 7) is 9.01. The molecule has 0 radical (unpaired) electrons. The first-order chi connectivity index (χ1) is 8.99. The predicted molar refractivity (Wildman–Crippen MR) is 76.8 cm³/mol. The molecule has 0 heterocycles. The third kappa shape index (κ3) is 4.27. The molecule has 0 spiro atoms. The highest BCUT2D eigenvalue weighted by atomic mass is 16.5. The van der Waals surface area contributed by atoms with E-state index < -0.39 is 0 Å². The van der Waals surface area contributed by atoms with E-state index in [1.54, 1.807) is 0 Å². The maximum atomic E-state index is 11.2. The summed E-state index contributed by atoms with van der Waals surface area (Å²) in [5, 5.41) is 0. The second kappa shape index (κ2) is 7.17. The number of aryl methyl sites for hydroxylation is 2. The average molecular weight is 264 g/mol. The number of hydrogen-bond acceptors (Lipinski definition) is 3. The summed E-state index contributed by atoms with van der Waals surface area (Å²) >= 11 is 0. The molecule has 1 aromatic rings. The number of methoxy groups -OCH3 is 1. The number of hydrogen-bond donors (Lipinski definition) is 0. The molecule has 1 rings (SSSR count). The Labute approximate surface area is 115 Å². The fourth-order valence-electron chi connectivity index (χ4n) is 2.09. The minimum absolute atomic E-state index is 0.167. The molecule has 0 N–H and O–H groups in total. The summed E-state index contributed by atoms with van der Waals surface area (Å²) in [6, 6.07) is 4.24. The number of carbonyl (C=O) groups is 1. The number of ether oxygens (including phenoxy) is 2. The van der Waals surface area contributed by atoms with Gasteiger partial charge in [-0.2, -0.15) is 0 Å². The van der Waals surface area contributed by atoms with Crippen molar-refractivity contribution in [3.05, 3.63) is 28.8 Å². The van der Waals surface area contributed by atoms with Crippen molar-refractivity contribution in [1.82, 2.24) is 0 Å². The van der Waals surface area contributed by atoms with E-state index >= 15 is 0 Å². The summed E-state index contributed by atoms with van der Waals surface area (Å²) in [6.07, 6.45) is 1.13. The number of esters is 1. The minimum Gasteiger partial charge on any atom is -0.494 e. The van der Waals surface area contributed by atoms with Gasteiger partial charge in [0, 0.05) is 6.42 Å². The van der Waals surface area contributed by atoms with Crippen molar-refractivity contribution in [2.45, 2.75) is 46.5 Å². The van der Waals surface area contributed by atoms with E-state index in [4.69, 9.17) is 4.74 Å². The van der Waals surface area contributed by atoms with Gasteiger partial charge in [-0.15, -0.1) is 0 Å². The average Bonchev–Trinajstić information content (AvgIpc) is 2.37. The summed E-state index contributed by atoms with van der Waals surface area (Å²) in [7, 11) is 1.42. The lowest BCUT2D eigenvalue weighted by molar-refractivity contribution is -0.140. The van der Waals surface area contributed by atoms with E-state index in [2.05, 4.69) is 37.6 Å². The highest BCUT2D eigenvalue weighted by Gasteiger charge is 2.12. The SMILES string of the molecule is CCOc1cc(C)c(CCC(=O)OC)cc1C(C)C. The zero-order valence-electron chi connectivity index (χ0n) is 12.6. The molecule has 19 heavy (non-hydrogen) atoms. The molecule has 0 aliphatic rings. The summed E-state index contributed by atoms with van der Waals surface area (Å²) in [4.78, 5) is 11.2. The van der Waals surface area contributed by atoms with Gasteiger partial charge in [0.05, 0.1) is 13.7 Å². The summed E-state index contributed by atoms with van der Waals surface area (Å²) in [5.74, 6) is 1.19. The molecule has 1 aromatic carbocycles. The molecule has 0 aliphatic heterocycles. The molecule has 3 heteroatoms. The molecule has 0 aromatic heterocycles. The van der Waals surface area contributed by atoms with Crippen molar-refractivity contribution in [3.8, 4) is 5.75 Å². The first-order valence-corrected chi connectivity index (χ1v) is 6.82. The highest BCUT2D eigenvalue weighted by Crippen LogP contribution is 2.30. The van der Waals surface area contributed by atoms with Crippen molar-refractivity contribution in [3.63, 3.8) is 0 Å². The van der Waals surface area contributed by atoms with E-state index in [1.807, 2.05) is 6.92 Å². The first kappa shape index (κ1) is 15.5. The lowest BCUT2D eigenvalue weighted by Crippen LogP contribution is -2.05. The topological polar surface area (TPSA) is 35.5 Å². The van der Waals surface area contributed by atoms with Crippen molar-refractivity contribution in [2.75, 3.05) is 13.7 Å². The summed E-state index contributed by atoms with van der Waals surface area (Å²) < 4.78 is 10.4. The van der Waals surface area contributed by atoms with Crippen LogP contribution >= 0.6 is 0 Å². The smallest absolute Gasteiger partial charge is 0.305 e. The third-order valence-electron chi connectivity index (χ3n) is 3.22. The third-order valence-corrected chi connectivity index (χ3v) is 3.22. The van der Waals surface area contributed by atoms with Crippen LogP contribution in [0.2, 0.25) is 0 Å². The van der Waals surface area contributed by atoms with Crippen LogP contribution in [0.1, 0.15) is 49.8 Å². The Morgan fingerprint density at radius 2 is 2.00 bits per heavy atom. The van der Waals surface area contributed by atoms with E-state index in [9.17, 15) is 4.79 Å². The largest absolute Gasteiger partial charge is 0.494 e. The van der Waals surface area contributed by atoms with Gasteiger partial charge in [0.2, 0.25) is 0 Å². The minimum atomic E-state index is -0.167. The van der Waals surface area contributed by atoms with Crippen LogP contribution in [0.25, 0.3) is 0 Å². The van der Waals surface area contributed by atoms with Gasteiger partial charge in [-0.1, -0.05) is 19.9 Å². The van der Waals surface area contributed by atoms with Crippen LogP contribution in [0.3, 0.4) is 0 Å². The molecular weight excluding hydrogens is 240 g/mol. The Hall–Kier alpha value is -1.51. The fraction of sp³-hybridized carbons (Fsp3) is 0.562. The Balaban J connectivity index is 2.99. The number of benzene rings is 1. The van der Waals surface area contributed by atoms with Crippen LogP contribution in [0.4, 0.5) is 0 Å². The van der Waals surface area contributed by atoms with E-state index in [-0.39, 0.29) is 5.97 Å². The standard InChI is InChI=1S/C16H24O3/c1-6-19-15-9-12(4)13(7-8-16(17)18-5)10-14(15)11(2)3/h9-11H,6-8H2,1-5H3. The molecule has 0 bridgehead atoms. The van der Waals surface area contributed by atoms with Crippen LogP contribution < -0.4 is 4.74 Å². The molecule has 106 valence electrons. The Kier molecular flexibility index (Phi) is 5.87. The lowest BCUT2D eigenvalue weighted by atomic mass is 9.94. The predicted octanol–water partition coefficient (Wildman–Crippen LogP) is 3.62. The number of carbonyl (C=O) groups excluding carboxylic acids is 1. The lowest BCUT2D eigenvalue weighted by Gasteiger charge is -2.17. The van der Waals surface area contributed by atoms with Gasteiger partial charge in [0.15, 0.2) is 0 Å². The van der Waals surface area contributed by atoms with Crippen LogP contribution in [-0.4, -0.2) is 19.7 Å². The van der Waals surface area contributed by atoms with Crippen LogP contribution in [0, 0.1) is 6.92 Å². The molecule has 0 unspecified atom stereocenters. The zero-order valence-corrected chi connectivity index (χ0v) is 12.6. The maximum Gasteiger partial charge on any atom is 0.305 e. The van der Waals surface area contributed by atoms with E-state index in [0.29, 0.717) is 25.4 Å². The van der Waals surface area contributed by atoms with Gasteiger partial charge in [0.1, 0.15) is 5.75 Å². The molecule has 0 saturated carbocycles. The molecule has 0 amide bonds. The van der Waals surface area contributed by atoms with Gasteiger partial charge < -0.3 is 9.47 Å². The van der Waals surface area contributed by atoms with Crippen molar-refractivity contribution < 1.29 is 14.3 Å². The monoisotopic (exact) mass is 264 g/mol. The highest BCUT2D eigenvalue weighted by molar-refractivity contribution is 5.69. The van der Waals surface area contributed by atoms with Crippen LogP contribution in [0.5, 0.6) is 5.75 Å². The van der Waals surface area contributed by atoms with E-state index in [1.165, 1.54) is 18.2 Å². The van der Waals surface area contributed by atoms with Crippen molar-refractivity contribution in [2.24, 2.45) is 0 Å². The van der Waals surface area contributed by atoms with Gasteiger partial charge in [0.25, 0.3) is 0 Å². The second-order valence-corrected chi connectivity index (χ2v) is 4.98. The first-order valence-electron chi connectivity index (χ1n) is 6.82. The maximum absolute atomic E-state index is 11.2. The van der Waals surface area contributed by atoms with Gasteiger partial charge >= 0.3 is 5.97 Å². The molecule has 0 atom stereocenters. The van der Waals surface area contributed by atoms with Gasteiger partial charge in [-0.25, -0.2) is 0 Å². The Morgan fingerprint density at radius 1 is 1.32 bits per heavy atom. The van der Waals surface area contributed by atoms with Crippen LogP contribution in [0.15, 0.2) is 12.1 Å². The normalized spacial score (nSPS) is 10.6. The van der Waals surface area contributed by atoms with E-state index in [0.717, 1.165) is 11.3 Å². The second-order valence-electron chi connectivity index (χ2n) is 4.98. The Bertz CT molecular complexity index is 436. The molecule has 0 aliphatic carbocycles. The van der Waals surface area contributed by atoms with Crippen LogP contribution in [-0.2, 0) is 16.0 Å². The summed E-state index contributed by atoms with van der Waals surface area (Å²) in [5.41, 5.74) is 3.56. The molecule has 0 fully saturated rings. The quantitative estimate of drug-likeness (QED) is 0.736. The number of rotatable bonds is 6. The van der Waals surface area contributed by atoms with Gasteiger partial charge in [-0.05, 0) is 48.9 Å². The van der Waals surface area contributed by atoms with Crippen molar-refractivity contribution >= 4 is 5.97 Å². The molecule has 3 nitrogen and oxygen atoms in total.